The average Bonchev–Trinajstić information content (AvgIpc) is 2.53. The molecule has 3 N–H and O–H groups in total. The number of rotatable bonds is 5. The topological polar surface area (TPSA) is 47.3 Å². The molecular formula is C11H20N2OS. The number of nitrogens with one attached hydrogen (secondary N) is 1. The summed E-state index contributed by atoms with van der Waals surface area (Å²) in [4.78, 5) is 1.28. The zero-order valence-electron chi connectivity index (χ0n) is 9.83. The van der Waals surface area contributed by atoms with Gasteiger partial charge in [-0.05, 0) is 44.7 Å². The lowest BCUT2D eigenvalue weighted by atomic mass is 9.92. The zero-order chi connectivity index (χ0) is 11.5. The van der Waals surface area contributed by atoms with Gasteiger partial charge in [-0.2, -0.15) is 0 Å². The predicted molar refractivity (Wildman–Crippen MR) is 64.8 cm³/mol. The van der Waals surface area contributed by atoms with Gasteiger partial charge >= 0.3 is 0 Å². The van der Waals surface area contributed by atoms with Crippen LogP contribution >= 0.6 is 11.3 Å². The maximum atomic E-state index is 5.72. The van der Waals surface area contributed by atoms with Crippen LogP contribution in [0.1, 0.15) is 37.3 Å². The van der Waals surface area contributed by atoms with E-state index >= 15 is 0 Å². The molecule has 1 atom stereocenters. The molecule has 0 saturated heterocycles. The fourth-order valence-electron chi connectivity index (χ4n) is 1.81. The Labute approximate surface area is 95.6 Å². The molecule has 1 heterocycles. The third kappa shape index (κ3) is 2.78. The Kier molecular flexibility index (Phi) is 4.28. The van der Waals surface area contributed by atoms with E-state index in [1.54, 1.807) is 11.3 Å². The molecule has 0 fully saturated rings. The van der Waals surface area contributed by atoms with Gasteiger partial charge in [0.15, 0.2) is 0 Å². The van der Waals surface area contributed by atoms with Gasteiger partial charge in [-0.15, -0.1) is 11.3 Å². The van der Waals surface area contributed by atoms with E-state index in [-0.39, 0.29) is 11.6 Å². The molecule has 0 bridgehead atoms. The molecule has 0 aromatic carbocycles. The third-order valence-corrected chi connectivity index (χ3v) is 3.45. The summed E-state index contributed by atoms with van der Waals surface area (Å²) in [5.41, 5.74) is 3.78. The van der Waals surface area contributed by atoms with Gasteiger partial charge in [0.2, 0.25) is 0 Å². The Hall–Kier alpha value is -0.420. The fourth-order valence-corrected chi connectivity index (χ4v) is 2.56. The first-order valence-corrected chi connectivity index (χ1v) is 6.05. The lowest BCUT2D eigenvalue weighted by Crippen LogP contribution is -2.44. The highest BCUT2D eigenvalue weighted by Gasteiger charge is 2.31. The van der Waals surface area contributed by atoms with Crippen LogP contribution in [0, 0.1) is 6.92 Å². The minimum Gasteiger partial charge on any atom is -0.374 e. The van der Waals surface area contributed by atoms with Crippen molar-refractivity contribution >= 4 is 11.3 Å². The van der Waals surface area contributed by atoms with Gasteiger partial charge < -0.3 is 4.74 Å². The van der Waals surface area contributed by atoms with E-state index in [0.717, 1.165) is 0 Å². The summed E-state index contributed by atoms with van der Waals surface area (Å²) in [6.45, 7) is 8.90. The van der Waals surface area contributed by atoms with Gasteiger partial charge in [-0.3, -0.25) is 11.3 Å². The van der Waals surface area contributed by atoms with Crippen molar-refractivity contribution < 1.29 is 4.74 Å². The minimum atomic E-state index is -0.296. The van der Waals surface area contributed by atoms with Gasteiger partial charge in [-0.25, -0.2) is 0 Å². The van der Waals surface area contributed by atoms with Gasteiger partial charge in [0, 0.05) is 11.5 Å². The molecule has 1 aromatic heterocycles. The SMILES string of the molecule is CCOC(C)(C)C(NN)c1ccsc1C. The van der Waals surface area contributed by atoms with Crippen molar-refractivity contribution in [3.8, 4) is 0 Å². The Morgan fingerprint density at radius 1 is 1.60 bits per heavy atom. The first-order chi connectivity index (χ1) is 7.03. The van der Waals surface area contributed by atoms with E-state index < -0.39 is 0 Å². The number of hydrogen-bond acceptors (Lipinski definition) is 4. The molecule has 1 aromatic rings. The number of ether oxygens (including phenoxy) is 1. The highest BCUT2D eigenvalue weighted by Crippen LogP contribution is 2.32. The van der Waals surface area contributed by atoms with Crippen molar-refractivity contribution in [3.63, 3.8) is 0 Å². The van der Waals surface area contributed by atoms with Crippen LogP contribution in [-0.4, -0.2) is 12.2 Å². The molecule has 86 valence electrons. The maximum absolute atomic E-state index is 5.72. The second-order valence-electron chi connectivity index (χ2n) is 4.07. The molecule has 3 nitrogen and oxygen atoms in total. The molecule has 4 heteroatoms. The lowest BCUT2D eigenvalue weighted by molar-refractivity contribution is -0.0393. The van der Waals surface area contributed by atoms with E-state index in [1.807, 2.05) is 6.92 Å². The number of hydrogen-bond donors (Lipinski definition) is 2. The first kappa shape index (κ1) is 12.6. The minimum absolute atomic E-state index is 0.0312. The van der Waals surface area contributed by atoms with Crippen molar-refractivity contribution in [1.29, 1.82) is 0 Å². The maximum Gasteiger partial charge on any atom is 0.0833 e. The van der Waals surface area contributed by atoms with Gasteiger partial charge in [0.05, 0.1) is 11.6 Å². The van der Waals surface area contributed by atoms with Crippen LogP contribution in [0.4, 0.5) is 0 Å². The zero-order valence-corrected chi connectivity index (χ0v) is 10.6. The highest BCUT2D eigenvalue weighted by molar-refractivity contribution is 7.10. The predicted octanol–water partition coefficient (Wildman–Crippen LogP) is 2.38. The summed E-state index contributed by atoms with van der Waals surface area (Å²) in [6.07, 6.45) is 0. The van der Waals surface area contributed by atoms with Crippen molar-refractivity contribution in [2.24, 2.45) is 5.84 Å². The molecular weight excluding hydrogens is 208 g/mol. The molecule has 0 spiro atoms. The van der Waals surface area contributed by atoms with Gasteiger partial charge in [0.25, 0.3) is 0 Å². The molecule has 1 rings (SSSR count). The van der Waals surface area contributed by atoms with Crippen molar-refractivity contribution in [2.75, 3.05) is 6.61 Å². The molecule has 0 radical (unpaired) electrons. The summed E-state index contributed by atoms with van der Waals surface area (Å²) in [5, 5.41) is 2.08. The quantitative estimate of drug-likeness (QED) is 0.601. The largest absolute Gasteiger partial charge is 0.374 e. The summed E-state index contributed by atoms with van der Waals surface area (Å²) in [7, 11) is 0. The lowest BCUT2D eigenvalue weighted by Gasteiger charge is -2.33. The second-order valence-corrected chi connectivity index (χ2v) is 5.19. The normalized spacial score (nSPS) is 14.2. The van der Waals surface area contributed by atoms with E-state index in [4.69, 9.17) is 10.6 Å². The number of hydrazine groups is 1. The summed E-state index contributed by atoms with van der Waals surface area (Å²) >= 11 is 1.73. The molecule has 0 amide bonds. The van der Waals surface area contributed by atoms with Gasteiger partial charge in [-0.1, -0.05) is 0 Å². The first-order valence-electron chi connectivity index (χ1n) is 5.17. The summed E-state index contributed by atoms with van der Waals surface area (Å²) in [6, 6.07) is 2.13. The standard InChI is InChI=1S/C11H20N2OS/c1-5-14-11(3,4)10(13-12)9-6-7-15-8(9)2/h6-7,10,13H,5,12H2,1-4H3. The van der Waals surface area contributed by atoms with E-state index in [2.05, 4.69) is 37.6 Å². The number of thiophene rings is 1. The molecule has 0 saturated carbocycles. The molecule has 0 aliphatic heterocycles. The average molecular weight is 228 g/mol. The van der Waals surface area contributed by atoms with E-state index in [0.29, 0.717) is 6.61 Å². The Morgan fingerprint density at radius 3 is 2.67 bits per heavy atom. The van der Waals surface area contributed by atoms with Crippen molar-refractivity contribution in [3.05, 3.63) is 21.9 Å². The van der Waals surface area contributed by atoms with Crippen LogP contribution in [0.5, 0.6) is 0 Å². The monoisotopic (exact) mass is 228 g/mol. The second kappa shape index (κ2) is 5.07. The smallest absolute Gasteiger partial charge is 0.0833 e. The van der Waals surface area contributed by atoms with Gasteiger partial charge in [0.1, 0.15) is 0 Å². The number of aryl methyl sites for hydroxylation is 1. The Bertz CT molecular complexity index is 309. The molecule has 0 aliphatic rings. The fraction of sp³-hybridized carbons (Fsp3) is 0.636. The Balaban J connectivity index is 2.93. The Morgan fingerprint density at radius 2 is 2.27 bits per heavy atom. The molecule has 0 aliphatic carbocycles. The molecule has 15 heavy (non-hydrogen) atoms. The van der Waals surface area contributed by atoms with Crippen LogP contribution in [-0.2, 0) is 4.74 Å². The van der Waals surface area contributed by atoms with E-state index in [9.17, 15) is 0 Å². The van der Waals surface area contributed by atoms with E-state index in [1.165, 1.54) is 10.4 Å². The van der Waals surface area contributed by atoms with Crippen LogP contribution in [0.25, 0.3) is 0 Å². The van der Waals surface area contributed by atoms with Crippen LogP contribution in [0.3, 0.4) is 0 Å². The van der Waals surface area contributed by atoms with Crippen molar-refractivity contribution in [1.82, 2.24) is 5.43 Å². The molecule has 1 unspecified atom stereocenters. The van der Waals surface area contributed by atoms with Crippen LogP contribution in [0.2, 0.25) is 0 Å². The summed E-state index contributed by atoms with van der Waals surface area (Å²) in [5.74, 6) is 5.62. The van der Waals surface area contributed by atoms with Crippen LogP contribution < -0.4 is 11.3 Å². The summed E-state index contributed by atoms with van der Waals surface area (Å²) < 4.78 is 5.72. The van der Waals surface area contributed by atoms with Crippen LogP contribution in [0.15, 0.2) is 11.4 Å². The number of nitrogens with two attached hydrogens (primary N) is 1. The van der Waals surface area contributed by atoms with Crippen molar-refractivity contribution in [2.45, 2.75) is 39.3 Å². The highest BCUT2D eigenvalue weighted by atomic mass is 32.1. The third-order valence-electron chi connectivity index (χ3n) is 2.59.